The maximum Gasteiger partial charge on any atom is 0.337 e. The van der Waals surface area contributed by atoms with Crippen molar-refractivity contribution in [2.45, 2.75) is 19.4 Å². The SMILES string of the molecule is CCC(Nc1cccc(C(=O)OC)c1)c1ccc(Cl)cc1. The molecule has 3 nitrogen and oxygen atoms in total. The number of hydrogen-bond acceptors (Lipinski definition) is 3. The molecule has 0 radical (unpaired) electrons. The second-order valence-electron chi connectivity index (χ2n) is 4.73. The number of halogens is 1. The summed E-state index contributed by atoms with van der Waals surface area (Å²) in [6.45, 7) is 2.11. The number of carbonyl (C=O) groups excluding carboxylic acids is 1. The number of benzene rings is 2. The highest BCUT2D eigenvalue weighted by atomic mass is 35.5. The standard InChI is InChI=1S/C17H18ClNO2/c1-3-16(12-7-9-14(18)10-8-12)19-15-6-4-5-13(11-15)17(20)21-2/h4-11,16,19H,3H2,1-2H3. The molecule has 0 spiro atoms. The van der Waals surface area contributed by atoms with E-state index in [9.17, 15) is 4.79 Å². The first-order valence-electron chi connectivity index (χ1n) is 6.84. The average Bonchev–Trinajstić information content (AvgIpc) is 2.53. The summed E-state index contributed by atoms with van der Waals surface area (Å²) in [5.74, 6) is -0.335. The van der Waals surface area contributed by atoms with Crippen LogP contribution in [0.15, 0.2) is 48.5 Å². The van der Waals surface area contributed by atoms with E-state index in [-0.39, 0.29) is 12.0 Å². The molecule has 0 aromatic heterocycles. The van der Waals surface area contributed by atoms with Crippen LogP contribution < -0.4 is 5.32 Å². The van der Waals surface area contributed by atoms with Crippen LogP contribution >= 0.6 is 11.6 Å². The zero-order valence-corrected chi connectivity index (χ0v) is 12.9. The van der Waals surface area contributed by atoms with E-state index >= 15 is 0 Å². The molecule has 21 heavy (non-hydrogen) atoms. The van der Waals surface area contributed by atoms with E-state index in [1.54, 1.807) is 12.1 Å². The summed E-state index contributed by atoms with van der Waals surface area (Å²) in [5.41, 5.74) is 2.58. The van der Waals surface area contributed by atoms with E-state index < -0.39 is 0 Å². The summed E-state index contributed by atoms with van der Waals surface area (Å²) in [4.78, 5) is 11.6. The van der Waals surface area contributed by atoms with Gasteiger partial charge in [0.2, 0.25) is 0 Å². The van der Waals surface area contributed by atoms with Crippen molar-refractivity contribution in [3.8, 4) is 0 Å². The Morgan fingerprint density at radius 1 is 1.24 bits per heavy atom. The second-order valence-corrected chi connectivity index (χ2v) is 5.17. The molecule has 0 saturated heterocycles. The summed E-state index contributed by atoms with van der Waals surface area (Å²) < 4.78 is 4.74. The van der Waals surface area contributed by atoms with Crippen LogP contribution in [-0.2, 0) is 4.74 Å². The summed E-state index contributed by atoms with van der Waals surface area (Å²) in [5, 5.41) is 4.16. The van der Waals surface area contributed by atoms with E-state index in [1.165, 1.54) is 7.11 Å². The second kappa shape index (κ2) is 7.14. The molecule has 0 saturated carbocycles. The number of carbonyl (C=O) groups is 1. The van der Waals surface area contributed by atoms with Gasteiger partial charge in [-0.3, -0.25) is 0 Å². The number of rotatable bonds is 5. The highest BCUT2D eigenvalue weighted by Gasteiger charge is 2.11. The minimum Gasteiger partial charge on any atom is -0.465 e. The molecular weight excluding hydrogens is 286 g/mol. The van der Waals surface area contributed by atoms with Gasteiger partial charge in [-0.05, 0) is 42.3 Å². The van der Waals surface area contributed by atoms with Gasteiger partial charge >= 0.3 is 5.97 Å². The van der Waals surface area contributed by atoms with Crippen LogP contribution in [0.5, 0.6) is 0 Å². The number of esters is 1. The lowest BCUT2D eigenvalue weighted by atomic mass is 10.0. The van der Waals surface area contributed by atoms with Crippen LogP contribution in [0.3, 0.4) is 0 Å². The Balaban J connectivity index is 2.18. The van der Waals surface area contributed by atoms with Gasteiger partial charge in [-0.15, -0.1) is 0 Å². The molecule has 0 bridgehead atoms. The van der Waals surface area contributed by atoms with Crippen LogP contribution in [0.25, 0.3) is 0 Å². The minimum atomic E-state index is -0.335. The third-order valence-corrected chi connectivity index (χ3v) is 3.56. The zero-order chi connectivity index (χ0) is 15.2. The fourth-order valence-corrected chi connectivity index (χ4v) is 2.30. The summed E-state index contributed by atoms with van der Waals surface area (Å²) >= 11 is 5.92. The number of ether oxygens (including phenoxy) is 1. The maximum absolute atomic E-state index is 11.6. The number of methoxy groups -OCH3 is 1. The topological polar surface area (TPSA) is 38.3 Å². The third-order valence-electron chi connectivity index (χ3n) is 3.31. The number of anilines is 1. The van der Waals surface area contributed by atoms with Crippen molar-refractivity contribution in [2.75, 3.05) is 12.4 Å². The Bertz CT molecular complexity index is 610. The molecule has 0 aliphatic carbocycles. The van der Waals surface area contributed by atoms with Crippen LogP contribution in [0, 0.1) is 0 Å². The lowest BCUT2D eigenvalue weighted by molar-refractivity contribution is 0.0601. The quantitative estimate of drug-likeness (QED) is 0.814. The molecule has 4 heteroatoms. The molecule has 1 unspecified atom stereocenters. The average molecular weight is 304 g/mol. The molecule has 2 aromatic rings. The van der Waals surface area contributed by atoms with Crippen LogP contribution in [0.4, 0.5) is 5.69 Å². The van der Waals surface area contributed by atoms with Gasteiger partial charge < -0.3 is 10.1 Å². The molecule has 1 atom stereocenters. The molecule has 0 fully saturated rings. The minimum absolute atomic E-state index is 0.162. The Kier molecular flexibility index (Phi) is 5.23. The van der Waals surface area contributed by atoms with E-state index in [1.807, 2.05) is 36.4 Å². The largest absolute Gasteiger partial charge is 0.465 e. The first-order valence-corrected chi connectivity index (χ1v) is 7.22. The molecular formula is C17H18ClNO2. The molecule has 0 heterocycles. The highest BCUT2D eigenvalue weighted by molar-refractivity contribution is 6.30. The van der Waals surface area contributed by atoms with E-state index in [2.05, 4.69) is 12.2 Å². The van der Waals surface area contributed by atoms with Gasteiger partial charge in [-0.2, -0.15) is 0 Å². The smallest absolute Gasteiger partial charge is 0.337 e. The van der Waals surface area contributed by atoms with Crippen molar-refractivity contribution < 1.29 is 9.53 Å². The van der Waals surface area contributed by atoms with Crippen molar-refractivity contribution in [3.05, 3.63) is 64.7 Å². The Labute approximate surface area is 129 Å². The zero-order valence-electron chi connectivity index (χ0n) is 12.1. The van der Waals surface area contributed by atoms with Gasteiger partial charge in [0.1, 0.15) is 0 Å². The predicted octanol–water partition coefficient (Wildman–Crippen LogP) is 4.69. The predicted molar refractivity (Wildman–Crippen MR) is 85.9 cm³/mol. The van der Waals surface area contributed by atoms with Crippen molar-refractivity contribution in [1.82, 2.24) is 0 Å². The number of nitrogens with one attached hydrogen (secondary N) is 1. The molecule has 1 N–H and O–H groups in total. The maximum atomic E-state index is 11.6. The van der Waals surface area contributed by atoms with Gasteiger partial charge in [-0.25, -0.2) is 4.79 Å². The summed E-state index contributed by atoms with van der Waals surface area (Å²) in [6, 6.07) is 15.2. The summed E-state index contributed by atoms with van der Waals surface area (Å²) in [6.07, 6.45) is 0.921. The van der Waals surface area contributed by atoms with Gasteiger partial charge in [0, 0.05) is 10.7 Å². The fourth-order valence-electron chi connectivity index (χ4n) is 2.17. The Morgan fingerprint density at radius 3 is 2.57 bits per heavy atom. The molecule has 0 amide bonds. The molecule has 2 aromatic carbocycles. The molecule has 0 aliphatic heterocycles. The van der Waals surface area contributed by atoms with Crippen LogP contribution in [0.2, 0.25) is 5.02 Å². The Morgan fingerprint density at radius 2 is 1.95 bits per heavy atom. The van der Waals surface area contributed by atoms with Gasteiger partial charge in [0.15, 0.2) is 0 Å². The van der Waals surface area contributed by atoms with Crippen molar-refractivity contribution in [1.29, 1.82) is 0 Å². The molecule has 0 aliphatic rings. The monoisotopic (exact) mass is 303 g/mol. The van der Waals surface area contributed by atoms with E-state index in [0.29, 0.717) is 5.56 Å². The van der Waals surface area contributed by atoms with Crippen LogP contribution in [0.1, 0.15) is 35.3 Å². The Hall–Kier alpha value is -2.00. The normalized spacial score (nSPS) is 11.8. The molecule has 2 rings (SSSR count). The van der Waals surface area contributed by atoms with Gasteiger partial charge in [-0.1, -0.05) is 36.7 Å². The third kappa shape index (κ3) is 3.99. The van der Waals surface area contributed by atoms with Gasteiger partial charge in [0.05, 0.1) is 18.7 Å². The summed E-state index contributed by atoms with van der Waals surface area (Å²) in [7, 11) is 1.38. The first-order chi connectivity index (χ1) is 10.1. The first kappa shape index (κ1) is 15.4. The highest BCUT2D eigenvalue weighted by Crippen LogP contribution is 2.24. The number of hydrogen-bond donors (Lipinski definition) is 1. The van der Waals surface area contributed by atoms with Gasteiger partial charge in [0.25, 0.3) is 0 Å². The van der Waals surface area contributed by atoms with Crippen molar-refractivity contribution in [2.24, 2.45) is 0 Å². The van der Waals surface area contributed by atoms with Crippen LogP contribution in [-0.4, -0.2) is 13.1 Å². The lowest BCUT2D eigenvalue weighted by Gasteiger charge is -2.19. The van der Waals surface area contributed by atoms with Crippen molar-refractivity contribution in [3.63, 3.8) is 0 Å². The van der Waals surface area contributed by atoms with Crippen molar-refractivity contribution >= 4 is 23.3 Å². The fraction of sp³-hybridized carbons (Fsp3) is 0.235. The molecule has 110 valence electrons. The lowest BCUT2D eigenvalue weighted by Crippen LogP contribution is -2.10. The van der Waals surface area contributed by atoms with E-state index in [4.69, 9.17) is 16.3 Å². The van der Waals surface area contributed by atoms with E-state index in [0.717, 1.165) is 22.7 Å².